The Morgan fingerprint density at radius 3 is 1.54 bits per heavy atom. The number of halogens is 7. The number of nitrogens with one attached hydrogen (secondary N) is 3. The highest BCUT2D eigenvalue weighted by Crippen LogP contribution is 2.38. The summed E-state index contributed by atoms with van der Waals surface area (Å²) in [6.07, 6.45) is 0. The van der Waals surface area contributed by atoms with Crippen molar-refractivity contribution in [1.29, 1.82) is 0 Å². The number of aromatic nitrogens is 4. The predicted molar refractivity (Wildman–Crippen MR) is 221 cm³/mol. The van der Waals surface area contributed by atoms with Crippen LogP contribution in [0.3, 0.4) is 0 Å². The van der Waals surface area contributed by atoms with Crippen molar-refractivity contribution in [3.05, 3.63) is 112 Å². The van der Waals surface area contributed by atoms with Gasteiger partial charge in [0.15, 0.2) is 5.01 Å². The molecule has 4 aromatic carbocycles. The Labute approximate surface area is 360 Å². The Morgan fingerprint density at radius 1 is 0.643 bits per heavy atom. The average Bonchev–Trinajstić information content (AvgIpc) is 3.73. The summed E-state index contributed by atoms with van der Waals surface area (Å²) in [6.45, 7) is 1.41. The van der Waals surface area contributed by atoms with Crippen LogP contribution in [0.15, 0.2) is 76.5 Å². The highest BCUT2D eigenvalue weighted by molar-refractivity contribution is 7.93. The van der Waals surface area contributed by atoms with Crippen LogP contribution in [0.1, 0.15) is 6.92 Å². The topological polar surface area (TPSA) is 216 Å². The number of nitrogens with zero attached hydrogens (tertiary/aromatic N) is 5. The summed E-state index contributed by atoms with van der Waals surface area (Å²) in [5.74, 6) is -0.181. The third-order valence-corrected chi connectivity index (χ3v) is 13.9. The summed E-state index contributed by atoms with van der Waals surface area (Å²) in [4.78, 5) is 20.7. The molecule has 0 fully saturated rings. The normalized spacial score (nSPS) is 11.4. The van der Waals surface area contributed by atoms with Gasteiger partial charge in [0.25, 0.3) is 25.7 Å². The summed E-state index contributed by atoms with van der Waals surface area (Å²) < 4.78 is 55.0. The molecule has 0 aliphatic heterocycles. The van der Waals surface area contributed by atoms with Gasteiger partial charge in [0, 0.05) is 45.9 Å². The lowest BCUT2D eigenvalue weighted by atomic mass is 10.2. The SMILES string of the molecule is CC(=O)Nc1ccc(-c2nnc(NS(=O)(=O)c3c(Cl)cc(Cl)cc3Cl)s2)cc1.O=[N+]([O-])c1ccc(Cl)c(-c2nnc(NS(=O)(=O)c3c(Cl)cc(Cl)cc3Cl)s2)c1. The Kier molecular flexibility index (Phi) is 13.9. The number of nitro groups is 1. The van der Waals surface area contributed by atoms with E-state index in [4.69, 9.17) is 81.2 Å². The lowest BCUT2D eigenvalue weighted by molar-refractivity contribution is -0.384. The van der Waals surface area contributed by atoms with Crippen LogP contribution in [0.25, 0.3) is 21.1 Å². The smallest absolute Gasteiger partial charge is 0.270 e. The molecular weight excluding hydrogens is 961 g/mol. The number of non-ortho nitro benzene ring substituents is 1. The summed E-state index contributed by atoms with van der Waals surface area (Å²) in [5, 5.41) is 29.6. The van der Waals surface area contributed by atoms with Crippen molar-refractivity contribution in [3.63, 3.8) is 0 Å². The first kappa shape index (κ1) is 43.5. The number of carbonyl (C=O) groups excluding carboxylic acids is 1. The summed E-state index contributed by atoms with van der Waals surface area (Å²) in [7, 11) is -8.29. The van der Waals surface area contributed by atoms with Crippen molar-refractivity contribution >= 4 is 151 Å². The highest BCUT2D eigenvalue weighted by Gasteiger charge is 2.26. The lowest BCUT2D eigenvalue weighted by Crippen LogP contribution is -2.14. The second kappa shape index (κ2) is 17.9. The van der Waals surface area contributed by atoms with Gasteiger partial charge in [-0.05, 0) is 54.6 Å². The largest absolute Gasteiger partial charge is 0.326 e. The minimum Gasteiger partial charge on any atom is -0.326 e. The van der Waals surface area contributed by atoms with E-state index in [0.717, 1.165) is 22.7 Å². The number of hydrogen-bond acceptors (Lipinski definition) is 13. The first-order valence-corrected chi connectivity index (χ1v) is 21.8. The van der Waals surface area contributed by atoms with Crippen LogP contribution in [0, 0.1) is 10.1 Å². The number of anilines is 3. The molecule has 0 aliphatic rings. The van der Waals surface area contributed by atoms with E-state index in [1.807, 2.05) is 0 Å². The molecule has 2 aromatic heterocycles. The average molecular weight is 978 g/mol. The maximum absolute atomic E-state index is 12.6. The maximum atomic E-state index is 12.6. The van der Waals surface area contributed by atoms with Crippen LogP contribution < -0.4 is 14.8 Å². The fourth-order valence-corrected chi connectivity index (χ4v) is 11.7. The van der Waals surface area contributed by atoms with Gasteiger partial charge in [-0.1, -0.05) is 104 Å². The van der Waals surface area contributed by atoms with E-state index in [-0.39, 0.29) is 77.4 Å². The fraction of sp³-hybridized carbons (Fsp3) is 0.0333. The molecule has 3 N–H and O–H groups in total. The van der Waals surface area contributed by atoms with Crippen molar-refractivity contribution in [3.8, 4) is 21.1 Å². The zero-order chi connectivity index (χ0) is 41.1. The fourth-order valence-electron chi connectivity index (χ4n) is 4.35. The molecular formula is C30H17Cl7N8O7S4. The Balaban J connectivity index is 0.000000214. The van der Waals surface area contributed by atoms with Crippen molar-refractivity contribution in [1.82, 2.24) is 20.4 Å². The first-order chi connectivity index (χ1) is 26.2. The van der Waals surface area contributed by atoms with E-state index >= 15 is 0 Å². The van der Waals surface area contributed by atoms with Gasteiger partial charge in [-0.3, -0.25) is 24.4 Å². The quantitative estimate of drug-likeness (QED) is 0.0867. The molecule has 0 unspecified atom stereocenters. The predicted octanol–water partition coefficient (Wildman–Crippen LogP) is 10.5. The van der Waals surface area contributed by atoms with Crippen LogP contribution in [0.2, 0.25) is 35.2 Å². The van der Waals surface area contributed by atoms with E-state index in [2.05, 4.69) is 35.2 Å². The van der Waals surface area contributed by atoms with E-state index in [1.165, 1.54) is 49.4 Å². The second-order valence-corrected chi connectivity index (χ2v) is 18.7. The molecule has 0 spiro atoms. The molecule has 0 saturated heterocycles. The molecule has 26 heteroatoms. The van der Waals surface area contributed by atoms with Crippen molar-refractivity contribution in [2.24, 2.45) is 0 Å². The summed E-state index contributed by atoms with van der Waals surface area (Å²) >= 11 is 43.4. The standard InChI is InChI=1S/C16H11Cl3N4O3S2.C14H6Cl4N4O4S2/c1-8(24)20-11-4-2-9(3-5-11)15-21-22-16(27-15)23-28(25,26)14-12(18)6-10(17)7-13(14)19;15-6-3-10(17)12(11(18)4-6)28(25,26)21-14-20-19-13(27-14)8-5-7(22(23)24)1-2-9(8)16/h2-7H,1H3,(H,20,24)(H,22,23);1-5H,(H,20,21). The number of sulfonamides is 2. The third kappa shape index (κ3) is 10.7. The van der Waals surface area contributed by atoms with Gasteiger partial charge in [0.1, 0.15) is 14.8 Å². The van der Waals surface area contributed by atoms with Gasteiger partial charge < -0.3 is 5.32 Å². The molecule has 292 valence electrons. The number of amides is 1. The Bertz CT molecular complexity index is 2670. The van der Waals surface area contributed by atoms with Crippen LogP contribution in [-0.4, -0.2) is 48.1 Å². The second-order valence-electron chi connectivity index (χ2n) is 10.6. The van der Waals surface area contributed by atoms with E-state index < -0.39 is 25.0 Å². The van der Waals surface area contributed by atoms with Gasteiger partial charge in [0.05, 0.1) is 30.0 Å². The lowest BCUT2D eigenvalue weighted by Gasteiger charge is -2.09. The maximum Gasteiger partial charge on any atom is 0.270 e. The molecule has 0 aliphatic carbocycles. The minimum absolute atomic E-state index is 0.0445. The highest BCUT2D eigenvalue weighted by atomic mass is 35.5. The van der Waals surface area contributed by atoms with Crippen LogP contribution >= 0.6 is 104 Å². The van der Waals surface area contributed by atoms with E-state index in [9.17, 15) is 31.7 Å². The zero-order valence-corrected chi connectivity index (χ0v) is 35.8. The zero-order valence-electron chi connectivity index (χ0n) is 27.2. The minimum atomic E-state index is -4.20. The first-order valence-electron chi connectivity index (χ1n) is 14.6. The molecule has 6 rings (SSSR count). The van der Waals surface area contributed by atoms with Gasteiger partial charge in [-0.2, -0.15) is 0 Å². The molecule has 6 aromatic rings. The number of benzene rings is 4. The number of carbonyl (C=O) groups is 1. The molecule has 0 radical (unpaired) electrons. The Morgan fingerprint density at radius 2 is 1.09 bits per heavy atom. The van der Waals surface area contributed by atoms with Gasteiger partial charge in [-0.15, -0.1) is 20.4 Å². The monoisotopic (exact) mass is 974 g/mol. The number of hydrogen-bond donors (Lipinski definition) is 3. The molecule has 15 nitrogen and oxygen atoms in total. The van der Waals surface area contributed by atoms with Crippen LogP contribution in [0.5, 0.6) is 0 Å². The molecule has 0 bridgehead atoms. The van der Waals surface area contributed by atoms with E-state index in [0.29, 0.717) is 16.3 Å². The summed E-state index contributed by atoms with van der Waals surface area (Å²) in [5.41, 5.74) is 1.38. The number of nitro benzene ring substituents is 1. The number of rotatable bonds is 10. The molecule has 1 amide bonds. The molecule has 56 heavy (non-hydrogen) atoms. The molecule has 0 atom stereocenters. The Hall–Kier alpha value is -3.60. The molecule has 2 heterocycles. The van der Waals surface area contributed by atoms with Crippen LogP contribution in [0.4, 0.5) is 21.6 Å². The molecule has 0 saturated carbocycles. The summed E-state index contributed by atoms with van der Waals surface area (Å²) in [6, 6.07) is 15.7. The van der Waals surface area contributed by atoms with Crippen molar-refractivity contribution in [2.75, 3.05) is 14.8 Å². The van der Waals surface area contributed by atoms with E-state index in [1.54, 1.807) is 24.3 Å². The van der Waals surface area contributed by atoms with Crippen molar-refractivity contribution in [2.45, 2.75) is 16.7 Å². The van der Waals surface area contributed by atoms with Crippen molar-refractivity contribution < 1.29 is 26.6 Å². The van der Waals surface area contributed by atoms with Gasteiger partial charge >= 0.3 is 0 Å². The van der Waals surface area contributed by atoms with Gasteiger partial charge in [0.2, 0.25) is 16.2 Å². The van der Waals surface area contributed by atoms with Crippen LogP contribution in [-0.2, 0) is 24.8 Å². The third-order valence-electron chi connectivity index (χ3n) is 6.60. The van der Waals surface area contributed by atoms with Gasteiger partial charge in [-0.25, -0.2) is 16.8 Å².